The van der Waals surface area contributed by atoms with Crippen molar-refractivity contribution in [3.63, 3.8) is 0 Å². The highest BCUT2D eigenvalue weighted by atomic mass is 16.4. The van der Waals surface area contributed by atoms with Crippen LogP contribution < -0.4 is 0 Å². The van der Waals surface area contributed by atoms with E-state index in [-0.39, 0.29) is 6.10 Å². The Labute approximate surface area is 102 Å². The Bertz CT molecular complexity index is 353. The molecule has 2 atom stereocenters. The molecule has 5 heteroatoms. The third-order valence-corrected chi connectivity index (χ3v) is 3.47. The SMILES string of the molecule is CCc1nnc(CN2CCC(O)C(CC)C2)o1. The van der Waals surface area contributed by atoms with Gasteiger partial charge in [0.1, 0.15) is 0 Å². The van der Waals surface area contributed by atoms with E-state index in [1.165, 1.54) is 0 Å². The van der Waals surface area contributed by atoms with Crippen LogP contribution in [0.25, 0.3) is 0 Å². The van der Waals surface area contributed by atoms with Crippen molar-refractivity contribution in [2.45, 2.75) is 45.8 Å². The Morgan fingerprint density at radius 2 is 2.12 bits per heavy atom. The molecule has 1 saturated heterocycles. The van der Waals surface area contributed by atoms with Crippen molar-refractivity contribution in [2.75, 3.05) is 13.1 Å². The maximum atomic E-state index is 9.82. The number of hydrogen-bond acceptors (Lipinski definition) is 5. The minimum absolute atomic E-state index is 0.148. The molecule has 17 heavy (non-hydrogen) atoms. The molecule has 0 aliphatic carbocycles. The zero-order valence-electron chi connectivity index (χ0n) is 10.6. The van der Waals surface area contributed by atoms with Gasteiger partial charge in [-0.3, -0.25) is 4.90 Å². The average Bonchev–Trinajstić information content (AvgIpc) is 2.79. The Balaban J connectivity index is 1.90. The van der Waals surface area contributed by atoms with Gasteiger partial charge in [0.15, 0.2) is 0 Å². The van der Waals surface area contributed by atoms with Gasteiger partial charge < -0.3 is 9.52 Å². The van der Waals surface area contributed by atoms with E-state index >= 15 is 0 Å². The monoisotopic (exact) mass is 239 g/mol. The molecule has 0 bridgehead atoms. The molecule has 96 valence electrons. The largest absolute Gasteiger partial charge is 0.424 e. The fraction of sp³-hybridized carbons (Fsp3) is 0.833. The van der Waals surface area contributed by atoms with E-state index in [2.05, 4.69) is 22.0 Å². The average molecular weight is 239 g/mol. The van der Waals surface area contributed by atoms with Crippen molar-refractivity contribution in [2.24, 2.45) is 5.92 Å². The molecule has 1 aliphatic rings. The van der Waals surface area contributed by atoms with Gasteiger partial charge >= 0.3 is 0 Å². The summed E-state index contributed by atoms with van der Waals surface area (Å²) in [5.74, 6) is 1.76. The number of hydrogen-bond donors (Lipinski definition) is 1. The first-order valence-electron chi connectivity index (χ1n) is 6.44. The van der Waals surface area contributed by atoms with Gasteiger partial charge in [0.2, 0.25) is 11.8 Å². The smallest absolute Gasteiger partial charge is 0.230 e. The highest BCUT2D eigenvalue weighted by Gasteiger charge is 2.27. The molecule has 1 aromatic rings. The molecule has 1 aliphatic heterocycles. The van der Waals surface area contributed by atoms with Gasteiger partial charge in [0, 0.05) is 19.5 Å². The van der Waals surface area contributed by atoms with Crippen molar-refractivity contribution in [1.82, 2.24) is 15.1 Å². The molecule has 1 N–H and O–H groups in total. The summed E-state index contributed by atoms with van der Waals surface area (Å²) in [5.41, 5.74) is 0. The number of likely N-dealkylation sites (tertiary alicyclic amines) is 1. The first kappa shape index (κ1) is 12.5. The first-order valence-corrected chi connectivity index (χ1v) is 6.44. The maximum absolute atomic E-state index is 9.82. The van der Waals surface area contributed by atoms with Gasteiger partial charge in [-0.2, -0.15) is 0 Å². The van der Waals surface area contributed by atoms with E-state index in [4.69, 9.17) is 4.42 Å². The number of nitrogens with zero attached hydrogens (tertiary/aromatic N) is 3. The molecule has 0 aromatic carbocycles. The lowest BCUT2D eigenvalue weighted by molar-refractivity contribution is 0.0192. The van der Waals surface area contributed by atoms with Gasteiger partial charge in [-0.1, -0.05) is 13.8 Å². The molecule has 5 nitrogen and oxygen atoms in total. The molecule has 2 heterocycles. The summed E-state index contributed by atoms with van der Waals surface area (Å²) >= 11 is 0. The topological polar surface area (TPSA) is 62.4 Å². The van der Waals surface area contributed by atoms with Crippen LogP contribution in [0.4, 0.5) is 0 Å². The number of aliphatic hydroxyl groups is 1. The Kier molecular flexibility index (Phi) is 4.12. The minimum atomic E-state index is -0.148. The summed E-state index contributed by atoms with van der Waals surface area (Å²) in [5, 5.41) is 17.8. The number of rotatable bonds is 4. The third-order valence-electron chi connectivity index (χ3n) is 3.47. The normalized spacial score (nSPS) is 26.3. The van der Waals surface area contributed by atoms with E-state index in [9.17, 15) is 5.11 Å². The van der Waals surface area contributed by atoms with Crippen LogP contribution in [0.1, 0.15) is 38.5 Å². The van der Waals surface area contributed by atoms with E-state index in [1.807, 2.05) is 6.92 Å². The van der Waals surface area contributed by atoms with Crippen molar-refractivity contribution >= 4 is 0 Å². The molecule has 0 spiro atoms. The summed E-state index contributed by atoms with van der Waals surface area (Å²) in [6.07, 6.45) is 2.49. The Hall–Kier alpha value is -0.940. The predicted octanol–water partition coefficient (Wildman–Crippen LogP) is 1.22. The van der Waals surface area contributed by atoms with Gasteiger partial charge in [0.05, 0.1) is 12.6 Å². The zero-order valence-corrected chi connectivity index (χ0v) is 10.6. The predicted molar refractivity (Wildman–Crippen MR) is 63.4 cm³/mol. The highest BCUT2D eigenvalue weighted by Crippen LogP contribution is 2.21. The van der Waals surface area contributed by atoms with E-state index in [0.717, 1.165) is 32.4 Å². The Morgan fingerprint density at radius 3 is 2.76 bits per heavy atom. The first-order chi connectivity index (χ1) is 8.22. The van der Waals surface area contributed by atoms with Crippen LogP contribution in [0.2, 0.25) is 0 Å². The van der Waals surface area contributed by atoms with Crippen molar-refractivity contribution in [3.8, 4) is 0 Å². The van der Waals surface area contributed by atoms with Crippen LogP contribution in [-0.2, 0) is 13.0 Å². The lowest BCUT2D eigenvalue weighted by Crippen LogP contribution is -2.42. The van der Waals surface area contributed by atoms with Crippen LogP contribution in [-0.4, -0.2) is 39.4 Å². The molecule has 0 amide bonds. The van der Waals surface area contributed by atoms with Gasteiger partial charge in [-0.15, -0.1) is 10.2 Å². The lowest BCUT2D eigenvalue weighted by atomic mass is 9.92. The van der Waals surface area contributed by atoms with Crippen LogP contribution in [0.5, 0.6) is 0 Å². The fourth-order valence-corrected chi connectivity index (χ4v) is 2.33. The number of aliphatic hydroxyl groups excluding tert-OH is 1. The summed E-state index contributed by atoms with van der Waals surface area (Å²) in [6.45, 7) is 6.65. The standard InChI is InChI=1S/C12H21N3O2/c1-3-9-7-15(6-5-10(9)16)8-12-14-13-11(4-2)17-12/h9-10,16H,3-8H2,1-2H3. The highest BCUT2D eigenvalue weighted by molar-refractivity contribution is 4.85. The molecular weight excluding hydrogens is 218 g/mol. The second kappa shape index (κ2) is 5.60. The molecule has 1 aromatic heterocycles. The number of aryl methyl sites for hydroxylation is 1. The van der Waals surface area contributed by atoms with Crippen molar-refractivity contribution in [1.29, 1.82) is 0 Å². The molecule has 2 rings (SSSR count). The molecule has 2 unspecified atom stereocenters. The van der Waals surface area contributed by atoms with E-state index < -0.39 is 0 Å². The van der Waals surface area contributed by atoms with Crippen molar-refractivity contribution < 1.29 is 9.52 Å². The number of aromatic nitrogens is 2. The van der Waals surface area contributed by atoms with Crippen LogP contribution >= 0.6 is 0 Å². The second-order valence-electron chi connectivity index (χ2n) is 4.70. The maximum Gasteiger partial charge on any atom is 0.230 e. The summed E-state index contributed by atoms with van der Waals surface area (Å²) in [6, 6.07) is 0. The summed E-state index contributed by atoms with van der Waals surface area (Å²) in [4.78, 5) is 2.29. The molecule has 1 fully saturated rings. The third kappa shape index (κ3) is 3.04. The quantitative estimate of drug-likeness (QED) is 0.856. The van der Waals surface area contributed by atoms with Gasteiger partial charge in [-0.05, 0) is 18.8 Å². The van der Waals surface area contributed by atoms with Gasteiger partial charge in [-0.25, -0.2) is 0 Å². The van der Waals surface area contributed by atoms with Gasteiger partial charge in [0.25, 0.3) is 0 Å². The molecule has 0 saturated carbocycles. The molecular formula is C12H21N3O2. The van der Waals surface area contributed by atoms with Crippen molar-refractivity contribution in [3.05, 3.63) is 11.8 Å². The minimum Gasteiger partial charge on any atom is -0.424 e. The van der Waals surface area contributed by atoms with E-state index in [0.29, 0.717) is 24.2 Å². The Morgan fingerprint density at radius 1 is 1.35 bits per heavy atom. The molecule has 0 radical (unpaired) electrons. The van der Waals surface area contributed by atoms with E-state index in [1.54, 1.807) is 0 Å². The summed E-state index contributed by atoms with van der Waals surface area (Å²) in [7, 11) is 0. The fourth-order valence-electron chi connectivity index (χ4n) is 2.33. The second-order valence-corrected chi connectivity index (χ2v) is 4.70. The number of piperidine rings is 1. The van der Waals surface area contributed by atoms with Crippen LogP contribution in [0.3, 0.4) is 0 Å². The zero-order chi connectivity index (χ0) is 12.3. The van der Waals surface area contributed by atoms with Crippen LogP contribution in [0, 0.1) is 5.92 Å². The summed E-state index contributed by atoms with van der Waals surface area (Å²) < 4.78 is 5.50. The van der Waals surface area contributed by atoms with Crippen LogP contribution in [0.15, 0.2) is 4.42 Å². The lowest BCUT2D eigenvalue weighted by Gasteiger charge is -2.34.